The molecular weight excluding hydrogens is 440 g/mol. The summed E-state index contributed by atoms with van der Waals surface area (Å²) in [6, 6.07) is 0. The van der Waals surface area contributed by atoms with Crippen molar-refractivity contribution >= 4 is 11.8 Å². The third-order valence-electron chi connectivity index (χ3n) is 7.90. The van der Waals surface area contributed by atoms with E-state index < -0.39 is 0 Å². The fourth-order valence-electron chi connectivity index (χ4n) is 5.44. The van der Waals surface area contributed by atoms with E-state index in [-0.39, 0.29) is 0 Å². The molecule has 1 heteroatoms. The van der Waals surface area contributed by atoms with Gasteiger partial charge in [-0.25, -0.2) is 0 Å². The highest BCUT2D eigenvalue weighted by Crippen LogP contribution is 2.33. The van der Waals surface area contributed by atoms with Gasteiger partial charge in [0.2, 0.25) is 0 Å². The second-order valence-electron chi connectivity index (χ2n) is 11.6. The number of hydrogen-bond donors (Lipinski definition) is 0. The van der Waals surface area contributed by atoms with Gasteiger partial charge in [0.05, 0.1) is 0 Å². The van der Waals surface area contributed by atoms with Gasteiger partial charge in [0.25, 0.3) is 0 Å². The number of unbranched alkanes of at least 4 members (excludes halogenated alkanes) is 20. The highest BCUT2D eigenvalue weighted by Gasteiger charge is 2.17. The summed E-state index contributed by atoms with van der Waals surface area (Å²) in [6.45, 7) is 9.36. The van der Waals surface area contributed by atoms with Crippen LogP contribution < -0.4 is 0 Å². The second-order valence-corrected chi connectivity index (χ2v) is 13.2. The Labute approximate surface area is 229 Å². The first-order chi connectivity index (χ1) is 17.3. The highest BCUT2D eigenvalue weighted by atomic mass is 32.2. The molecule has 2 atom stereocenters. The minimum atomic E-state index is 0.941. The van der Waals surface area contributed by atoms with Gasteiger partial charge in [0, 0.05) is 10.5 Å². The molecule has 0 aliphatic carbocycles. The van der Waals surface area contributed by atoms with Gasteiger partial charge in [0.1, 0.15) is 0 Å². The average molecular weight is 511 g/mol. The molecule has 0 saturated heterocycles. The Morgan fingerprint density at radius 1 is 0.286 bits per heavy atom. The summed E-state index contributed by atoms with van der Waals surface area (Å²) in [5, 5.41) is 1.88. The molecule has 0 spiro atoms. The molecule has 35 heavy (non-hydrogen) atoms. The molecule has 0 radical (unpaired) electrons. The molecule has 0 aromatic carbocycles. The van der Waals surface area contributed by atoms with Crippen LogP contribution in [0.15, 0.2) is 0 Å². The van der Waals surface area contributed by atoms with Crippen molar-refractivity contribution < 1.29 is 0 Å². The summed E-state index contributed by atoms with van der Waals surface area (Å²) in [5.74, 6) is 0. The zero-order chi connectivity index (χ0) is 25.7. The predicted octanol–water partition coefficient (Wildman–Crippen LogP) is 13.5. The minimum Gasteiger partial charge on any atom is -0.155 e. The smallest absolute Gasteiger partial charge is 0.00498 e. The second kappa shape index (κ2) is 30.6. The molecule has 0 bridgehead atoms. The van der Waals surface area contributed by atoms with Crippen molar-refractivity contribution in [3.63, 3.8) is 0 Å². The molecule has 0 heterocycles. The Kier molecular flexibility index (Phi) is 30.9. The van der Waals surface area contributed by atoms with Crippen LogP contribution in [0.25, 0.3) is 0 Å². The van der Waals surface area contributed by atoms with Crippen molar-refractivity contribution in [1.82, 2.24) is 0 Å². The quantitative estimate of drug-likeness (QED) is 0.0865. The number of thioether (sulfide) groups is 1. The molecule has 0 rings (SSSR count). The molecule has 0 amide bonds. The molecule has 0 N–H and O–H groups in total. The largest absolute Gasteiger partial charge is 0.155 e. The SMILES string of the molecule is CCCCCCCCCCCC(CCCCC)SC(CCCCC)CCCCCCCCCCC. The van der Waals surface area contributed by atoms with E-state index in [1.807, 2.05) is 0 Å². The number of hydrogen-bond acceptors (Lipinski definition) is 1. The third kappa shape index (κ3) is 27.2. The molecule has 0 aromatic heterocycles. The lowest BCUT2D eigenvalue weighted by molar-refractivity contribution is 0.529. The Morgan fingerprint density at radius 2 is 0.486 bits per heavy atom. The zero-order valence-corrected chi connectivity index (χ0v) is 26.2. The van der Waals surface area contributed by atoms with Crippen LogP contribution in [0.4, 0.5) is 0 Å². The van der Waals surface area contributed by atoms with E-state index in [2.05, 4.69) is 39.5 Å². The standard InChI is InChI=1S/C34H70S/c1-5-9-13-15-17-19-21-23-27-31-33(29-25-11-7-3)35-34(30-26-12-8-4)32-28-24-22-20-18-16-14-10-6-2/h33-34H,5-32H2,1-4H3. The van der Waals surface area contributed by atoms with Gasteiger partial charge in [0.15, 0.2) is 0 Å². The average Bonchev–Trinajstić information content (AvgIpc) is 2.86. The predicted molar refractivity (Wildman–Crippen MR) is 167 cm³/mol. The van der Waals surface area contributed by atoms with Gasteiger partial charge in [-0.3, -0.25) is 0 Å². The summed E-state index contributed by atoms with van der Waals surface area (Å²) in [6.07, 6.45) is 40.8. The van der Waals surface area contributed by atoms with Crippen LogP contribution in [0.1, 0.15) is 207 Å². The van der Waals surface area contributed by atoms with Crippen LogP contribution in [0.2, 0.25) is 0 Å². The zero-order valence-electron chi connectivity index (χ0n) is 25.4. The maximum atomic E-state index is 2.45. The molecular formula is C34H70S. The Bertz CT molecular complexity index is 332. The van der Waals surface area contributed by atoms with Gasteiger partial charge >= 0.3 is 0 Å². The normalized spacial score (nSPS) is 13.4. The summed E-state index contributed by atoms with van der Waals surface area (Å²) in [7, 11) is 0. The first-order valence-corrected chi connectivity index (χ1v) is 17.9. The highest BCUT2D eigenvalue weighted by molar-refractivity contribution is 8.00. The van der Waals surface area contributed by atoms with Gasteiger partial charge in [-0.2, -0.15) is 11.8 Å². The molecule has 212 valence electrons. The van der Waals surface area contributed by atoms with Gasteiger partial charge in [-0.15, -0.1) is 0 Å². The van der Waals surface area contributed by atoms with Crippen LogP contribution in [0.5, 0.6) is 0 Å². The van der Waals surface area contributed by atoms with Crippen molar-refractivity contribution in [3.8, 4) is 0 Å². The maximum absolute atomic E-state index is 2.45. The van der Waals surface area contributed by atoms with Crippen molar-refractivity contribution in [2.24, 2.45) is 0 Å². The van der Waals surface area contributed by atoms with E-state index in [1.165, 1.54) is 180 Å². The lowest BCUT2D eigenvalue weighted by Crippen LogP contribution is -2.12. The fraction of sp³-hybridized carbons (Fsp3) is 1.00. The minimum absolute atomic E-state index is 0.941. The molecule has 2 unspecified atom stereocenters. The lowest BCUT2D eigenvalue weighted by Gasteiger charge is -2.24. The molecule has 0 aromatic rings. The molecule has 0 saturated carbocycles. The number of rotatable bonds is 30. The monoisotopic (exact) mass is 511 g/mol. The summed E-state index contributed by atoms with van der Waals surface area (Å²) in [4.78, 5) is 0. The molecule has 0 aliphatic heterocycles. The van der Waals surface area contributed by atoms with E-state index in [9.17, 15) is 0 Å². The van der Waals surface area contributed by atoms with Crippen molar-refractivity contribution in [1.29, 1.82) is 0 Å². The van der Waals surface area contributed by atoms with Crippen molar-refractivity contribution in [2.75, 3.05) is 0 Å². The summed E-state index contributed by atoms with van der Waals surface area (Å²) >= 11 is 2.45. The Balaban J connectivity index is 4.27. The van der Waals surface area contributed by atoms with E-state index in [0.717, 1.165) is 10.5 Å². The Morgan fingerprint density at radius 3 is 0.771 bits per heavy atom. The van der Waals surface area contributed by atoms with E-state index in [4.69, 9.17) is 0 Å². The van der Waals surface area contributed by atoms with Crippen molar-refractivity contribution in [2.45, 2.75) is 218 Å². The maximum Gasteiger partial charge on any atom is 0.00498 e. The Hall–Kier alpha value is 0.350. The topological polar surface area (TPSA) is 0 Å². The molecule has 0 fully saturated rings. The first-order valence-electron chi connectivity index (χ1n) is 16.9. The van der Waals surface area contributed by atoms with Gasteiger partial charge < -0.3 is 0 Å². The molecule has 0 nitrogen and oxygen atoms in total. The lowest BCUT2D eigenvalue weighted by atomic mass is 10.0. The fourth-order valence-corrected chi connectivity index (χ4v) is 7.20. The first kappa shape index (κ1) is 35.4. The third-order valence-corrected chi connectivity index (χ3v) is 9.62. The van der Waals surface area contributed by atoms with E-state index in [1.54, 1.807) is 0 Å². The van der Waals surface area contributed by atoms with E-state index in [0.29, 0.717) is 0 Å². The summed E-state index contributed by atoms with van der Waals surface area (Å²) in [5.41, 5.74) is 0. The van der Waals surface area contributed by atoms with Crippen molar-refractivity contribution in [3.05, 3.63) is 0 Å². The van der Waals surface area contributed by atoms with Crippen LogP contribution >= 0.6 is 11.8 Å². The van der Waals surface area contributed by atoms with Crippen LogP contribution in [0, 0.1) is 0 Å². The van der Waals surface area contributed by atoms with Crippen LogP contribution in [-0.2, 0) is 0 Å². The van der Waals surface area contributed by atoms with Crippen LogP contribution in [0.3, 0.4) is 0 Å². The molecule has 0 aliphatic rings. The van der Waals surface area contributed by atoms with Crippen LogP contribution in [-0.4, -0.2) is 10.5 Å². The summed E-state index contributed by atoms with van der Waals surface area (Å²) < 4.78 is 0. The van der Waals surface area contributed by atoms with Gasteiger partial charge in [-0.1, -0.05) is 182 Å². The van der Waals surface area contributed by atoms with Gasteiger partial charge in [-0.05, 0) is 25.7 Å². The van der Waals surface area contributed by atoms with E-state index >= 15 is 0 Å².